The maximum Gasteiger partial charge on any atom is 0.410 e. The van der Waals surface area contributed by atoms with Crippen molar-refractivity contribution in [2.24, 2.45) is 0 Å². The van der Waals surface area contributed by atoms with E-state index in [1.807, 2.05) is 32.9 Å². The summed E-state index contributed by atoms with van der Waals surface area (Å²) >= 11 is 0. The van der Waals surface area contributed by atoms with E-state index in [0.717, 1.165) is 24.0 Å². The minimum atomic E-state index is -0.503. The van der Waals surface area contributed by atoms with Gasteiger partial charge in [-0.2, -0.15) is 0 Å². The molecule has 1 aromatic heterocycles. The zero-order chi connectivity index (χ0) is 18.2. The summed E-state index contributed by atoms with van der Waals surface area (Å²) in [6.07, 6.45) is 0.561. The van der Waals surface area contributed by atoms with Gasteiger partial charge in [0.2, 0.25) is 0 Å². The number of likely N-dealkylation sites (N-methyl/N-ethyl adjacent to an activating group) is 1. The third kappa shape index (κ3) is 3.78. The zero-order valence-corrected chi connectivity index (χ0v) is 15.1. The Bertz CT molecular complexity index is 837. The molecule has 0 spiro atoms. The van der Waals surface area contributed by atoms with Crippen LogP contribution >= 0.6 is 0 Å². The van der Waals surface area contributed by atoms with Gasteiger partial charge in [0.25, 0.3) is 0 Å². The monoisotopic (exact) mass is 344 g/mol. The van der Waals surface area contributed by atoms with Gasteiger partial charge in [-0.3, -0.25) is 0 Å². The Labute approximate surface area is 147 Å². The molecule has 0 bridgehead atoms. The molecule has 6 heteroatoms. The molecule has 1 amide bonds. The van der Waals surface area contributed by atoms with Crippen molar-refractivity contribution < 1.29 is 13.9 Å². The predicted octanol–water partition coefficient (Wildman–Crippen LogP) is 3.24. The van der Waals surface area contributed by atoms with Gasteiger partial charge < -0.3 is 19.0 Å². The molecule has 1 atom stereocenters. The SMILES string of the molecule is CN(C(=O)OC(C)(C)C)C1CCN(c2cccc3oc(=O)ccc23)C1. The molecule has 1 aliphatic heterocycles. The van der Waals surface area contributed by atoms with Gasteiger partial charge in [0.1, 0.15) is 11.2 Å². The molecule has 1 unspecified atom stereocenters. The second-order valence-electron chi connectivity index (χ2n) is 7.42. The zero-order valence-electron chi connectivity index (χ0n) is 15.1. The van der Waals surface area contributed by atoms with Crippen LogP contribution in [0.2, 0.25) is 0 Å². The highest BCUT2D eigenvalue weighted by Gasteiger charge is 2.31. The number of ether oxygens (including phenoxy) is 1. The average Bonchev–Trinajstić information content (AvgIpc) is 3.01. The normalized spacial score (nSPS) is 17.8. The van der Waals surface area contributed by atoms with Crippen LogP contribution in [0.1, 0.15) is 27.2 Å². The van der Waals surface area contributed by atoms with Crippen LogP contribution in [-0.4, -0.2) is 42.8 Å². The maximum atomic E-state index is 12.3. The fourth-order valence-electron chi connectivity index (χ4n) is 3.12. The summed E-state index contributed by atoms with van der Waals surface area (Å²) in [4.78, 5) is 27.6. The Morgan fingerprint density at radius 2 is 2.04 bits per heavy atom. The first-order valence-corrected chi connectivity index (χ1v) is 8.48. The van der Waals surface area contributed by atoms with Crippen molar-refractivity contribution in [3.05, 3.63) is 40.8 Å². The highest BCUT2D eigenvalue weighted by Crippen LogP contribution is 2.30. The Morgan fingerprint density at radius 1 is 1.28 bits per heavy atom. The summed E-state index contributed by atoms with van der Waals surface area (Å²) < 4.78 is 10.7. The second-order valence-corrected chi connectivity index (χ2v) is 7.42. The van der Waals surface area contributed by atoms with Crippen LogP contribution in [-0.2, 0) is 4.74 Å². The van der Waals surface area contributed by atoms with Gasteiger partial charge in [-0.15, -0.1) is 0 Å². The third-order valence-electron chi connectivity index (χ3n) is 4.37. The van der Waals surface area contributed by atoms with Crippen LogP contribution < -0.4 is 10.5 Å². The van der Waals surface area contributed by atoms with Crippen molar-refractivity contribution in [2.75, 3.05) is 25.0 Å². The minimum Gasteiger partial charge on any atom is -0.444 e. The number of nitrogens with zero attached hydrogens (tertiary/aromatic N) is 2. The predicted molar refractivity (Wildman–Crippen MR) is 97.1 cm³/mol. The Hall–Kier alpha value is -2.50. The highest BCUT2D eigenvalue weighted by molar-refractivity contribution is 5.90. The Balaban J connectivity index is 1.77. The lowest BCUT2D eigenvalue weighted by Gasteiger charge is -2.29. The van der Waals surface area contributed by atoms with E-state index in [4.69, 9.17) is 9.15 Å². The van der Waals surface area contributed by atoms with E-state index in [1.54, 1.807) is 24.1 Å². The molecular weight excluding hydrogens is 320 g/mol. The molecule has 1 aromatic carbocycles. The van der Waals surface area contributed by atoms with Crippen molar-refractivity contribution in [2.45, 2.75) is 38.8 Å². The van der Waals surface area contributed by atoms with Crippen molar-refractivity contribution >= 4 is 22.7 Å². The molecule has 1 aliphatic rings. The first kappa shape index (κ1) is 17.3. The van der Waals surface area contributed by atoms with Crippen molar-refractivity contribution in [3.63, 3.8) is 0 Å². The number of benzene rings is 1. The summed E-state index contributed by atoms with van der Waals surface area (Å²) in [7, 11) is 1.78. The molecule has 1 saturated heterocycles. The molecule has 0 aliphatic carbocycles. The summed E-state index contributed by atoms with van der Waals surface area (Å²) in [6.45, 7) is 7.14. The number of amides is 1. The fraction of sp³-hybridized carbons (Fsp3) is 0.474. The molecule has 6 nitrogen and oxygen atoms in total. The Morgan fingerprint density at radius 3 is 2.76 bits per heavy atom. The molecule has 134 valence electrons. The van der Waals surface area contributed by atoms with Crippen molar-refractivity contribution in [3.8, 4) is 0 Å². The maximum absolute atomic E-state index is 12.3. The molecule has 1 fully saturated rings. The molecule has 2 heterocycles. The van der Waals surface area contributed by atoms with E-state index >= 15 is 0 Å². The number of rotatable bonds is 2. The Kier molecular flexibility index (Phi) is 4.45. The van der Waals surface area contributed by atoms with E-state index in [9.17, 15) is 9.59 Å². The molecular formula is C19H24N2O4. The summed E-state index contributed by atoms with van der Waals surface area (Å²) in [5, 5.41) is 0.905. The van der Waals surface area contributed by atoms with Gasteiger partial charge in [-0.1, -0.05) is 6.07 Å². The lowest BCUT2D eigenvalue weighted by molar-refractivity contribution is 0.0238. The van der Waals surface area contributed by atoms with Crippen LogP contribution in [0.25, 0.3) is 11.0 Å². The molecule has 2 aromatic rings. The largest absolute Gasteiger partial charge is 0.444 e. The van der Waals surface area contributed by atoms with Gasteiger partial charge in [0.05, 0.1) is 6.04 Å². The lowest BCUT2D eigenvalue weighted by Crippen LogP contribution is -2.42. The quantitative estimate of drug-likeness (QED) is 0.783. The topological polar surface area (TPSA) is 63.0 Å². The first-order chi connectivity index (χ1) is 11.7. The smallest absolute Gasteiger partial charge is 0.410 e. The van der Waals surface area contributed by atoms with Crippen LogP contribution in [0.3, 0.4) is 0 Å². The molecule has 0 radical (unpaired) electrons. The summed E-state index contributed by atoms with van der Waals surface area (Å²) in [5.41, 5.74) is 0.737. The van der Waals surface area contributed by atoms with E-state index in [-0.39, 0.29) is 17.8 Å². The highest BCUT2D eigenvalue weighted by atomic mass is 16.6. The van der Waals surface area contributed by atoms with Gasteiger partial charge in [0.15, 0.2) is 0 Å². The van der Waals surface area contributed by atoms with Crippen LogP contribution in [0.4, 0.5) is 10.5 Å². The molecule has 0 saturated carbocycles. The summed E-state index contributed by atoms with van der Waals surface area (Å²) in [6, 6.07) is 9.00. The molecule has 25 heavy (non-hydrogen) atoms. The van der Waals surface area contributed by atoms with Gasteiger partial charge >= 0.3 is 11.7 Å². The van der Waals surface area contributed by atoms with E-state index in [0.29, 0.717) is 12.1 Å². The van der Waals surface area contributed by atoms with Crippen LogP contribution in [0.15, 0.2) is 39.5 Å². The summed E-state index contributed by atoms with van der Waals surface area (Å²) in [5.74, 6) is 0. The van der Waals surface area contributed by atoms with E-state index < -0.39 is 5.60 Å². The number of carbonyl (C=O) groups excluding carboxylic acids is 1. The van der Waals surface area contributed by atoms with Crippen molar-refractivity contribution in [1.82, 2.24) is 4.90 Å². The van der Waals surface area contributed by atoms with E-state index in [1.165, 1.54) is 6.07 Å². The molecule has 3 rings (SSSR count). The number of fused-ring (bicyclic) bond motifs is 1. The van der Waals surface area contributed by atoms with E-state index in [2.05, 4.69) is 4.90 Å². The van der Waals surface area contributed by atoms with Gasteiger partial charge in [-0.05, 0) is 45.4 Å². The van der Waals surface area contributed by atoms with Crippen molar-refractivity contribution in [1.29, 1.82) is 0 Å². The minimum absolute atomic E-state index is 0.0841. The second kappa shape index (κ2) is 6.43. The standard InChI is InChI=1S/C19H24N2O4/c1-19(2,3)25-18(23)20(4)13-10-11-21(12-13)15-6-5-7-16-14(15)8-9-17(22)24-16/h5-9,13H,10-12H2,1-4H3. The molecule has 0 N–H and O–H groups in total. The number of carbonyl (C=O) groups is 1. The number of anilines is 1. The van der Waals surface area contributed by atoms with Gasteiger partial charge in [-0.25, -0.2) is 9.59 Å². The van der Waals surface area contributed by atoms with Crippen LogP contribution in [0, 0.1) is 0 Å². The lowest BCUT2D eigenvalue weighted by atomic mass is 10.2. The van der Waals surface area contributed by atoms with Crippen LogP contribution in [0.5, 0.6) is 0 Å². The first-order valence-electron chi connectivity index (χ1n) is 8.48. The third-order valence-corrected chi connectivity index (χ3v) is 4.37. The fourth-order valence-corrected chi connectivity index (χ4v) is 3.12. The average molecular weight is 344 g/mol. The number of hydrogen-bond donors (Lipinski definition) is 0. The number of hydrogen-bond acceptors (Lipinski definition) is 5. The van der Waals surface area contributed by atoms with Gasteiger partial charge in [0, 0.05) is 37.3 Å².